The van der Waals surface area contributed by atoms with Crippen LogP contribution in [0, 0.1) is 23.7 Å². The standard InChI is InChI=1S/C17H16BrNO5/c18-9-1-3-10(4-2-9)19-13(20)7-23-16(21)14-8-5-11-12(6-8)24-17(22)15(11)14/h1-4,8,11-12,14-15H,5-7H2,(H,19,20)/t8-,11+,12+,14-,15-/m1/s1. The summed E-state index contributed by atoms with van der Waals surface area (Å²) in [7, 11) is 0. The first-order chi connectivity index (χ1) is 11.5. The van der Waals surface area contributed by atoms with Crippen LogP contribution in [0.15, 0.2) is 28.7 Å². The van der Waals surface area contributed by atoms with Crippen molar-refractivity contribution >= 4 is 39.5 Å². The predicted octanol–water partition coefficient (Wildman–Crippen LogP) is 2.13. The van der Waals surface area contributed by atoms with Crippen LogP contribution in [0.1, 0.15) is 12.8 Å². The summed E-state index contributed by atoms with van der Waals surface area (Å²) in [4.78, 5) is 36.2. The van der Waals surface area contributed by atoms with Gasteiger partial charge in [-0.25, -0.2) is 0 Å². The Morgan fingerprint density at radius 3 is 2.75 bits per heavy atom. The maximum atomic E-state index is 12.4. The fourth-order valence-electron chi connectivity index (χ4n) is 4.29. The molecule has 1 aromatic carbocycles. The van der Waals surface area contributed by atoms with Crippen molar-refractivity contribution in [2.45, 2.75) is 18.9 Å². The summed E-state index contributed by atoms with van der Waals surface area (Å²) in [6.45, 7) is -0.353. The van der Waals surface area contributed by atoms with E-state index in [1.807, 2.05) is 0 Å². The zero-order valence-corrected chi connectivity index (χ0v) is 14.3. The van der Waals surface area contributed by atoms with Gasteiger partial charge in [-0.05, 0) is 43.0 Å². The molecule has 5 atom stereocenters. The van der Waals surface area contributed by atoms with Crippen LogP contribution in [0.2, 0.25) is 0 Å². The zero-order chi connectivity index (χ0) is 16.8. The molecule has 2 aliphatic carbocycles. The fourth-order valence-corrected chi connectivity index (χ4v) is 4.55. The maximum absolute atomic E-state index is 12.4. The number of fused-ring (bicyclic) bond motifs is 1. The molecule has 4 rings (SSSR count). The van der Waals surface area contributed by atoms with E-state index < -0.39 is 17.8 Å². The van der Waals surface area contributed by atoms with E-state index in [9.17, 15) is 14.4 Å². The van der Waals surface area contributed by atoms with Crippen molar-refractivity contribution in [3.8, 4) is 0 Å². The molecule has 1 heterocycles. The molecule has 0 radical (unpaired) electrons. The molecule has 3 fully saturated rings. The van der Waals surface area contributed by atoms with Crippen molar-refractivity contribution in [2.24, 2.45) is 23.7 Å². The van der Waals surface area contributed by atoms with E-state index in [2.05, 4.69) is 21.2 Å². The summed E-state index contributed by atoms with van der Waals surface area (Å²) in [5.74, 6) is -1.70. The van der Waals surface area contributed by atoms with Crippen molar-refractivity contribution < 1.29 is 23.9 Å². The number of carbonyl (C=O) groups is 3. The number of hydrogen-bond acceptors (Lipinski definition) is 5. The van der Waals surface area contributed by atoms with Crippen molar-refractivity contribution in [3.63, 3.8) is 0 Å². The molecule has 0 spiro atoms. The molecule has 1 aliphatic heterocycles. The van der Waals surface area contributed by atoms with E-state index in [1.54, 1.807) is 24.3 Å². The Balaban J connectivity index is 1.33. The SMILES string of the molecule is O=C(COC(=O)[C@@H]1[C@@H]2C[C@@H]3[C@H]1C(=O)O[C@H]3C2)Nc1ccc(Br)cc1. The number of amides is 1. The Morgan fingerprint density at radius 2 is 2.00 bits per heavy atom. The minimum Gasteiger partial charge on any atom is -0.462 e. The Bertz CT molecular complexity index is 701. The Labute approximate surface area is 147 Å². The first kappa shape index (κ1) is 15.6. The largest absolute Gasteiger partial charge is 0.462 e. The lowest BCUT2D eigenvalue weighted by atomic mass is 9.80. The summed E-state index contributed by atoms with van der Waals surface area (Å²) in [5, 5.41) is 2.66. The van der Waals surface area contributed by atoms with Gasteiger partial charge < -0.3 is 14.8 Å². The highest BCUT2D eigenvalue weighted by atomic mass is 79.9. The second-order valence-electron chi connectivity index (χ2n) is 6.59. The van der Waals surface area contributed by atoms with Gasteiger partial charge in [-0.15, -0.1) is 0 Å². The van der Waals surface area contributed by atoms with E-state index in [0.717, 1.165) is 17.3 Å². The van der Waals surface area contributed by atoms with Crippen LogP contribution >= 0.6 is 15.9 Å². The Kier molecular flexibility index (Phi) is 3.83. The van der Waals surface area contributed by atoms with Crippen molar-refractivity contribution in [2.75, 3.05) is 11.9 Å². The second-order valence-corrected chi connectivity index (χ2v) is 7.50. The minimum atomic E-state index is -0.462. The number of halogens is 1. The molecule has 7 heteroatoms. The summed E-state index contributed by atoms with van der Waals surface area (Å²) in [6.07, 6.45) is 1.56. The third kappa shape index (κ3) is 2.60. The van der Waals surface area contributed by atoms with Crippen LogP contribution in [-0.4, -0.2) is 30.6 Å². The first-order valence-corrected chi connectivity index (χ1v) is 8.75. The summed E-state index contributed by atoms with van der Waals surface area (Å²) >= 11 is 3.32. The summed E-state index contributed by atoms with van der Waals surface area (Å²) in [6, 6.07) is 7.10. The number of nitrogens with one attached hydrogen (secondary N) is 1. The third-order valence-corrected chi connectivity index (χ3v) is 5.76. The molecule has 24 heavy (non-hydrogen) atoms. The Morgan fingerprint density at radius 1 is 1.25 bits per heavy atom. The molecule has 0 aromatic heterocycles. The van der Waals surface area contributed by atoms with Crippen LogP contribution in [0.4, 0.5) is 5.69 Å². The summed E-state index contributed by atoms with van der Waals surface area (Å²) in [5.41, 5.74) is 0.626. The van der Waals surface area contributed by atoms with E-state index >= 15 is 0 Å². The molecular weight excluding hydrogens is 378 g/mol. The normalized spacial score (nSPS) is 32.5. The van der Waals surface area contributed by atoms with Crippen molar-refractivity contribution in [1.29, 1.82) is 0 Å². The lowest BCUT2D eigenvalue weighted by Crippen LogP contribution is -2.34. The van der Waals surface area contributed by atoms with Crippen LogP contribution in [0.3, 0.4) is 0 Å². The highest BCUT2D eigenvalue weighted by Gasteiger charge is 2.64. The van der Waals surface area contributed by atoms with Gasteiger partial charge in [0.15, 0.2) is 6.61 Å². The van der Waals surface area contributed by atoms with E-state index in [0.29, 0.717) is 5.69 Å². The number of carbonyl (C=O) groups excluding carboxylic acids is 3. The van der Waals surface area contributed by atoms with Gasteiger partial charge in [-0.3, -0.25) is 14.4 Å². The van der Waals surface area contributed by atoms with Gasteiger partial charge in [-0.2, -0.15) is 0 Å². The molecule has 126 valence electrons. The molecule has 1 aromatic rings. The number of rotatable bonds is 4. The van der Waals surface area contributed by atoms with Crippen LogP contribution < -0.4 is 5.32 Å². The van der Waals surface area contributed by atoms with Gasteiger partial charge in [0.25, 0.3) is 5.91 Å². The first-order valence-electron chi connectivity index (χ1n) is 7.95. The molecule has 2 saturated carbocycles. The third-order valence-electron chi connectivity index (χ3n) is 5.23. The second kappa shape index (κ2) is 5.88. The lowest BCUT2D eigenvalue weighted by molar-refractivity contribution is -0.157. The van der Waals surface area contributed by atoms with E-state index in [4.69, 9.17) is 9.47 Å². The highest BCUT2D eigenvalue weighted by molar-refractivity contribution is 9.10. The van der Waals surface area contributed by atoms with Gasteiger partial charge >= 0.3 is 11.9 Å². The number of hydrogen-bond donors (Lipinski definition) is 1. The lowest BCUT2D eigenvalue weighted by Gasteiger charge is -2.22. The molecule has 1 saturated heterocycles. The average molecular weight is 394 g/mol. The average Bonchev–Trinajstić information content (AvgIpc) is 3.16. The maximum Gasteiger partial charge on any atom is 0.310 e. The number of ether oxygens (including phenoxy) is 2. The van der Waals surface area contributed by atoms with Gasteiger partial charge in [0.1, 0.15) is 6.10 Å². The van der Waals surface area contributed by atoms with Gasteiger partial charge in [0.2, 0.25) is 0 Å². The monoisotopic (exact) mass is 393 g/mol. The smallest absolute Gasteiger partial charge is 0.310 e. The van der Waals surface area contributed by atoms with Gasteiger partial charge in [0, 0.05) is 16.1 Å². The van der Waals surface area contributed by atoms with Gasteiger partial charge in [-0.1, -0.05) is 15.9 Å². The number of anilines is 1. The van der Waals surface area contributed by atoms with Crippen molar-refractivity contribution in [1.82, 2.24) is 0 Å². The molecule has 1 N–H and O–H groups in total. The molecule has 2 bridgehead atoms. The molecular formula is C17H16BrNO5. The van der Waals surface area contributed by atoms with Crippen LogP contribution in [0.5, 0.6) is 0 Å². The van der Waals surface area contributed by atoms with E-state index in [-0.39, 0.29) is 36.4 Å². The Hall–Kier alpha value is -1.89. The highest BCUT2D eigenvalue weighted by Crippen LogP contribution is 2.57. The topological polar surface area (TPSA) is 81.7 Å². The van der Waals surface area contributed by atoms with Crippen LogP contribution in [-0.2, 0) is 23.9 Å². The predicted molar refractivity (Wildman–Crippen MR) is 86.8 cm³/mol. The zero-order valence-electron chi connectivity index (χ0n) is 12.7. The summed E-state index contributed by atoms with van der Waals surface area (Å²) < 4.78 is 11.4. The minimum absolute atomic E-state index is 0.0164. The fraction of sp³-hybridized carbons (Fsp3) is 0.471. The van der Waals surface area contributed by atoms with Crippen LogP contribution in [0.25, 0.3) is 0 Å². The molecule has 0 unspecified atom stereocenters. The molecule has 6 nitrogen and oxygen atoms in total. The quantitative estimate of drug-likeness (QED) is 0.792. The van der Waals surface area contributed by atoms with Gasteiger partial charge in [0.05, 0.1) is 11.8 Å². The van der Waals surface area contributed by atoms with Crippen molar-refractivity contribution in [3.05, 3.63) is 28.7 Å². The number of benzene rings is 1. The molecule has 1 amide bonds. The van der Waals surface area contributed by atoms with E-state index in [1.165, 1.54) is 0 Å². The molecule has 3 aliphatic rings. The number of esters is 2.